The molecule has 1 aliphatic carbocycles. The molecule has 0 N–H and O–H groups in total. The van der Waals surface area contributed by atoms with Crippen LogP contribution in [0.25, 0.3) is 0 Å². The Morgan fingerprint density at radius 3 is 2.04 bits per heavy atom. The smallest absolute Gasteiger partial charge is 0.227 e. The number of amides is 1. The highest BCUT2D eigenvalue weighted by molar-refractivity contribution is 5.80. The molecule has 1 saturated carbocycles. The average molecular weight is 364 g/mol. The van der Waals surface area contributed by atoms with Crippen molar-refractivity contribution in [3.63, 3.8) is 0 Å². The van der Waals surface area contributed by atoms with E-state index in [9.17, 15) is 4.79 Å². The highest BCUT2D eigenvalue weighted by atomic mass is 16.2. The van der Waals surface area contributed by atoms with Crippen LogP contribution in [0, 0.1) is 17.3 Å². The summed E-state index contributed by atoms with van der Waals surface area (Å²) in [5.41, 5.74) is 0.212. The Morgan fingerprint density at radius 1 is 0.962 bits per heavy atom. The second kappa shape index (κ2) is 7.43. The summed E-state index contributed by atoms with van der Waals surface area (Å²) < 4.78 is 0. The van der Waals surface area contributed by atoms with Crippen molar-refractivity contribution in [2.45, 2.75) is 78.8 Å². The first-order valence-electron chi connectivity index (χ1n) is 10.9. The highest BCUT2D eigenvalue weighted by Gasteiger charge is 2.47. The lowest BCUT2D eigenvalue weighted by Gasteiger charge is -2.43. The van der Waals surface area contributed by atoms with Crippen LogP contribution in [0.4, 0.5) is 0 Å². The molecule has 2 aliphatic heterocycles. The molecule has 3 fully saturated rings. The number of nitrogens with zero attached hydrogens (tertiary/aromatic N) is 3. The molecule has 0 aromatic rings. The van der Waals surface area contributed by atoms with Gasteiger partial charge in [0, 0.05) is 50.8 Å². The Morgan fingerprint density at radius 2 is 1.54 bits per heavy atom. The maximum Gasteiger partial charge on any atom is 0.227 e. The van der Waals surface area contributed by atoms with E-state index in [1.165, 1.54) is 25.7 Å². The van der Waals surface area contributed by atoms with Crippen molar-refractivity contribution in [1.29, 1.82) is 0 Å². The summed E-state index contributed by atoms with van der Waals surface area (Å²) in [6.45, 7) is 19.7. The van der Waals surface area contributed by atoms with Crippen LogP contribution in [-0.4, -0.2) is 71.5 Å². The maximum atomic E-state index is 13.3. The first-order chi connectivity index (χ1) is 12.1. The standard InChI is InChI=1S/C22H41N3O/c1-17-7-9-18(10-8-17)23-11-13-24(14-12-23)20(26)19-15-25(21(2,3)4)16-22(19,5)6/h17-19H,7-16H2,1-6H3/t17?,18?,19-/m1/s1. The zero-order valence-corrected chi connectivity index (χ0v) is 18.1. The number of likely N-dealkylation sites (tertiary alicyclic amines) is 1. The molecule has 3 rings (SSSR count). The number of hydrogen-bond donors (Lipinski definition) is 0. The molecule has 4 heteroatoms. The Kier molecular flexibility index (Phi) is 5.75. The van der Waals surface area contributed by atoms with Crippen LogP contribution in [0.15, 0.2) is 0 Å². The van der Waals surface area contributed by atoms with Gasteiger partial charge in [-0.05, 0) is 57.8 Å². The molecule has 26 heavy (non-hydrogen) atoms. The van der Waals surface area contributed by atoms with Crippen LogP contribution in [-0.2, 0) is 4.79 Å². The van der Waals surface area contributed by atoms with Gasteiger partial charge in [-0.25, -0.2) is 0 Å². The summed E-state index contributed by atoms with van der Waals surface area (Å²) in [5.74, 6) is 1.45. The molecule has 2 heterocycles. The monoisotopic (exact) mass is 363 g/mol. The van der Waals surface area contributed by atoms with E-state index < -0.39 is 0 Å². The summed E-state index contributed by atoms with van der Waals surface area (Å²) in [5, 5.41) is 0. The van der Waals surface area contributed by atoms with Gasteiger partial charge in [0.25, 0.3) is 0 Å². The van der Waals surface area contributed by atoms with Crippen LogP contribution < -0.4 is 0 Å². The van der Waals surface area contributed by atoms with Crippen LogP contribution in [0.5, 0.6) is 0 Å². The number of piperazine rings is 1. The number of rotatable bonds is 2. The number of carbonyl (C=O) groups is 1. The van der Waals surface area contributed by atoms with Crippen LogP contribution >= 0.6 is 0 Å². The summed E-state index contributed by atoms with van der Waals surface area (Å²) in [6.07, 6.45) is 5.46. The van der Waals surface area contributed by atoms with Crippen molar-refractivity contribution in [3.05, 3.63) is 0 Å². The molecule has 150 valence electrons. The Labute approximate surface area is 161 Å². The highest BCUT2D eigenvalue weighted by Crippen LogP contribution is 2.39. The third kappa shape index (κ3) is 4.27. The Balaban J connectivity index is 1.55. The topological polar surface area (TPSA) is 26.8 Å². The quantitative estimate of drug-likeness (QED) is 0.752. The fourth-order valence-corrected chi connectivity index (χ4v) is 5.19. The SMILES string of the molecule is CC1CCC(N2CCN(C(=O)[C@H]3CN(C(C)(C)C)CC3(C)C)CC2)CC1. The van der Waals surface area contributed by atoms with Crippen molar-refractivity contribution in [3.8, 4) is 0 Å². The molecular formula is C22H41N3O. The summed E-state index contributed by atoms with van der Waals surface area (Å²) in [7, 11) is 0. The zero-order valence-electron chi connectivity index (χ0n) is 18.1. The van der Waals surface area contributed by atoms with Gasteiger partial charge in [-0.15, -0.1) is 0 Å². The molecule has 0 unspecified atom stereocenters. The molecular weight excluding hydrogens is 322 g/mol. The van der Waals surface area contributed by atoms with E-state index in [0.717, 1.165) is 51.2 Å². The summed E-state index contributed by atoms with van der Waals surface area (Å²) in [4.78, 5) is 20.6. The van der Waals surface area contributed by atoms with Gasteiger partial charge >= 0.3 is 0 Å². The lowest BCUT2D eigenvalue weighted by Crippen LogP contribution is -2.54. The fourth-order valence-electron chi connectivity index (χ4n) is 5.19. The van der Waals surface area contributed by atoms with E-state index in [0.29, 0.717) is 5.91 Å². The van der Waals surface area contributed by atoms with Crippen LogP contribution in [0.2, 0.25) is 0 Å². The van der Waals surface area contributed by atoms with Gasteiger partial charge in [-0.3, -0.25) is 14.6 Å². The molecule has 0 bridgehead atoms. The van der Waals surface area contributed by atoms with E-state index in [-0.39, 0.29) is 16.9 Å². The van der Waals surface area contributed by atoms with Crippen LogP contribution in [0.1, 0.15) is 67.2 Å². The molecule has 3 aliphatic rings. The van der Waals surface area contributed by atoms with Crippen molar-refractivity contribution in [2.75, 3.05) is 39.3 Å². The third-order valence-electron chi connectivity index (χ3n) is 7.32. The predicted octanol–water partition coefficient (Wildman–Crippen LogP) is 3.47. The molecule has 0 spiro atoms. The predicted molar refractivity (Wildman–Crippen MR) is 108 cm³/mol. The Hall–Kier alpha value is -0.610. The lowest BCUT2D eigenvalue weighted by molar-refractivity contribution is -0.140. The van der Waals surface area contributed by atoms with E-state index in [1.807, 2.05) is 0 Å². The van der Waals surface area contributed by atoms with Gasteiger partial charge in [-0.1, -0.05) is 20.8 Å². The minimum Gasteiger partial charge on any atom is -0.340 e. The number of carbonyl (C=O) groups excluding carboxylic acids is 1. The molecule has 2 saturated heterocycles. The van der Waals surface area contributed by atoms with Crippen molar-refractivity contribution >= 4 is 5.91 Å². The minimum absolute atomic E-state index is 0.0704. The van der Waals surface area contributed by atoms with Gasteiger partial charge < -0.3 is 4.90 Å². The second-order valence-electron chi connectivity index (χ2n) is 10.9. The lowest BCUT2D eigenvalue weighted by atomic mass is 9.81. The normalized spacial score (nSPS) is 34.2. The van der Waals surface area contributed by atoms with Gasteiger partial charge in [-0.2, -0.15) is 0 Å². The van der Waals surface area contributed by atoms with Gasteiger partial charge in [0.05, 0.1) is 5.92 Å². The van der Waals surface area contributed by atoms with E-state index >= 15 is 0 Å². The van der Waals surface area contributed by atoms with E-state index in [2.05, 4.69) is 56.2 Å². The molecule has 0 aromatic heterocycles. The second-order valence-corrected chi connectivity index (χ2v) is 10.9. The fraction of sp³-hybridized carbons (Fsp3) is 0.955. The summed E-state index contributed by atoms with van der Waals surface area (Å²) in [6, 6.07) is 0.766. The molecule has 1 atom stereocenters. The van der Waals surface area contributed by atoms with Gasteiger partial charge in [0.2, 0.25) is 5.91 Å². The van der Waals surface area contributed by atoms with E-state index in [1.54, 1.807) is 0 Å². The van der Waals surface area contributed by atoms with Crippen LogP contribution in [0.3, 0.4) is 0 Å². The molecule has 1 amide bonds. The third-order valence-corrected chi connectivity index (χ3v) is 7.32. The van der Waals surface area contributed by atoms with Gasteiger partial charge in [0.1, 0.15) is 0 Å². The zero-order chi connectivity index (χ0) is 19.1. The molecule has 0 aromatic carbocycles. The summed E-state index contributed by atoms with van der Waals surface area (Å²) >= 11 is 0. The first-order valence-corrected chi connectivity index (χ1v) is 10.9. The first kappa shape index (κ1) is 20.1. The minimum atomic E-state index is 0.0704. The van der Waals surface area contributed by atoms with Crippen molar-refractivity contribution < 1.29 is 4.79 Å². The molecule has 0 radical (unpaired) electrons. The van der Waals surface area contributed by atoms with Gasteiger partial charge in [0.15, 0.2) is 0 Å². The largest absolute Gasteiger partial charge is 0.340 e. The maximum absolute atomic E-state index is 13.3. The van der Waals surface area contributed by atoms with Crippen molar-refractivity contribution in [2.24, 2.45) is 17.3 Å². The average Bonchev–Trinajstić information content (AvgIpc) is 2.91. The Bertz CT molecular complexity index is 494. The van der Waals surface area contributed by atoms with E-state index in [4.69, 9.17) is 0 Å². The number of hydrogen-bond acceptors (Lipinski definition) is 3. The van der Waals surface area contributed by atoms with Crippen molar-refractivity contribution in [1.82, 2.24) is 14.7 Å². The molecule has 4 nitrogen and oxygen atoms in total.